The van der Waals surface area contributed by atoms with Gasteiger partial charge in [-0.15, -0.1) is 0 Å². The molecule has 0 unspecified atom stereocenters. The second kappa shape index (κ2) is 5.82. The molecule has 1 rings (SSSR count). The van der Waals surface area contributed by atoms with Crippen LogP contribution in [0.2, 0.25) is 0 Å². The van der Waals surface area contributed by atoms with E-state index in [4.69, 9.17) is 10.5 Å². The fraction of sp³-hybridized carbons (Fsp3) is 0.500. The van der Waals surface area contributed by atoms with E-state index in [0.29, 0.717) is 17.9 Å². The Labute approximate surface area is 96.0 Å². The van der Waals surface area contributed by atoms with E-state index >= 15 is 0 Å². The van der Waals surface area contributed by atoms with Gasteiger partial charge in [0.15, 0.2) is 0 Å². The molecule has 0 bridgehead atoms. The highest BCUT2D eigenvalue weighted by atomic mass is 19.1. The van der Waals surface area contributed by atoms with Crippen LogP contribution in [0.25, 0.3) is 0 Å². The summed E-state index contributed by atoms with van der Waals surface area (Å²) in [4.78, 5) is 2.00. The fourth-order valence-electron chi connectivity index (χ4n) is 1.42. The molecule has 0 saturated heterocycles. The van der Waals surface area contributed by atoms with Crippen molar-refractivity contribution in [2.24, 2.45) is 5.73 Å². The van der Waals surface area contributed by atoms with Gasteiger partial charge in [0.2, 0.25) is 0 Å². The Kier molecular flexibility index (Phi) is 4.71. The number of benzene rings is 1. The molecule has 0 aliphatic heterocycles. The Bertz CT molecular complexity index is 340. The van der Waals surface area contributed by atoms with Gasteiger partial charge in [-0.3, -0.25) is 0 Å². The van der Waals surface area contributed by atoms with Crippen LogP contribution in [-0.4, -0.2) is 32.1 Å². The van der Waals surface area contributed by atoms with Crippen molar-refractivity contribution in [1.29, 1.82) is 0 Å². The van der Waals surface area contributed by atoms with Crippen molar-refractivity contribution >= 4 is 0 Å². The minimum Gasteiger partial charge on any atom is -0.492 e. The quantitative estimate of drug-likeness (QED) is 0.831. The van der Waals surface area contributed by atoms with E-state index in [1.165, 1.54) is 6.07 Å². The summed E-state index contributed by atoms with van der Waals surface area (Å²) in [6.45, 7) is 3.06. The largest absolute Gasteiger partial charge is 0.492 e. The third-order valence-electron chi connectivity index (χ3n) is 2.26. The zero-order valence-electron chi connectivity index (χ0n) is 10.0. The molecule has 0 aromatic heterocycles. The van der Waals surface area contributed by atoms with Gasteiger partial charge < -0.3 is 15.4 Å². The third kappa shape index (κ3) is 3.47. The van der Waals surface area contributed by atoms with Gasteiger partial charge in [-0.25, -0.2) is 4.39 Å². The summed E-state index contributed by atoms with van der Waals surface area (Å²) in [6, 6.07) is 4.41. The monoisotopic (exact) mass is 226 g/mol. The molecule has 1 aromatic rings. The van der Waals surface area contributed by atoms with E-state index in [0.717, 1.165) is 6.54 Å². The smallest absolute Gasteiger partial charge is 0.131 e. The van der Waals surface area contributed by atoms with Crippen LogP contribution >= 0.6 is 0 Å². The van der Waals surface area contributed by atoms with Gasteiger partial charge in [-0.2, -0.15) is 0 Å². The van der Waals surface area contributed by atoms with Crippen LogP contribution in [0.1, 0.15) is 18.5 Å². The highest BCUT2D eigenvalue weighted by molar-refractivity contribution is 5.36. The van der Waals surface area contributed by atoms with Crippen molar-refractivity contribution in [3.63, 3.8) is 0 Å². The molecule has 1 aromatic carbocycles. The van der Waals surface area contributed by atoms with E-state index in [9.17, 15) is 4.39 Å². The Balaban J connectivity index is 2.75. The van der Waals surface area contributed by atoms with Crippen molar-refractivity contribution in [2.45, 2.75) is 13.0 Å². The summed E-state index contributed by atoms with van der Waals surface area (Å²) in [6.07, 6.45) is 0. The standard InChI is InChI=1S/C12H19FN2O/c1-9(14)12-10(13)5-4-6-11(12)16-8-7-15(2)3/h4-6,9H,7-8,14H2,1-3H3/t9-/m0/s1. The van der Waals surface area contributed by atoms with Crippen LogP contribution < -0.4 is 10.5 Å². The van der Waals surface area contributed by atoms with Gasteiger partial charge in [0.1, 0.15) is 18.2 Å². The van der Waals surface area contributed by atoms with Crippen LogP contribution in [0.15, 0.2) is 18.2 Å². The fourth-order valence-corrected chi connectivity index (χ4v) is 1.42. The maximum Gasteiger partial charge on any atom is 0.131 e. The predicted octanol–water partition coefficient (Wildman–Crippen LogP) is 1.79. The predicted molar refractivity (Wildman–Crippen MR) is 63.1 cm³/mol. The lowest BCUT2D eigenvalue weighted by atomic mass is 10.1. The number of nitrogens with zero attached hydrogens (tertiary/aromatic N) is 1. The summed E-state index contributed by atoms with van der Waals surface area (Å²) in [5, 5.41) is 0. The summed E-state index contributed by atoms with van der Waals surface area (Å²) in [5.74, 6) is 0.231. The third-order valence-corrected chi connectivity index (χ3v) is 2.26. The van der Waals surface area contributed by atoms with Gasteiger partial charge in [-0.1, -0.05) is 6.07 Å². The van der Waals surface area contributed by atoms with Crippen LogP contribution in [0.3, 0.4) is 0 Å². The molecule has 0 aliphatic carbocycles. The summed E-state index contributed by atoms with van der Waals surface area (Å²) in [5.41, 5.74) is 6.16. The normalized spacial score (nSPS) is 12.9. The number of nitrogens with two attached hydrogens (primary N) is 1. The van der Waals surface area contributed by atoms with E-state index in [-0.39, 0.29) is 11.9 Å². The minimum atomic E-state index is -0.365. The number of hydrogen-bond donors (Lipinski definition) is 1. The molecule has 4 heteroatoms. The van der Waals surface area contributed by atoms with Gasteiger partial charge >= 0.3 is 0 Å². The van der Waals surface area contributed by atoms with Crippen LogP contribution in [0, 0.1) is 5.82 Å². The van der Waals surface area contributed by atoms with Crippen molar-refractivity contribution in [3.8, 4) is 5.75 Å². The topological polar surface area (TPSA) is 38.5 Å². The molecule has 3 nitrogen and oxygen atoms in total. The number of halogens is 1. The maximum absolute atomic E-state index is 13.5. The minimum absolute atomic E-state index is 0.308. The molecule has 0 aliphatic rings. The average Bonchev–Trinajstić information content (AvgIpc) is 2.16. The van der Waals surface area contributed by atoms with Crippen molar-refractivity contribution in [2.75, 3.05) is 27.2 Å². The second-order valence-electron chi connectivity index (χ2n) is 4.09. The second-order valence-corrected chi connectivity index (χ2v) is 4.09. The first kappa shape index (κ1) is 12.9. The number of hydrogen-bond acceptors (Lipinski definition) is 3. The van der Waals surface area contributed by atoms with E-state index in [2.05, 4.69) is 0 Å². The molecule has 2 N–H and O–H groups in total. The van der Waals surface area contributed by atoms with Gasteiger partial charge in [0.05, 0.1) is 0 Å². The number of rotatable bonds is 5. The first-order chi connectivity index (χ1) is 7.52. The molecule has 0 amide bonds. The van der Waals surface area contributed by atoms with Crippen LogP contribution in [0.4, 0.5) is 4.39 Å². The summed E-state index contributed by atoms with van der Waals surface area (Å²) < 4.78 is 19.0. The Morgan fingerprint density at radius 2 is 2.12 bits per heavy atom. The lowest BCUT2D eigenvalue weighted by Gasteiger charge is -2.16. The first-order valence-electron chi connectivity index (χ1n) is 5.34. The Morgan fingerprint density at radius 3 is 2.69 bits per heavy atom. The molecule has 0 radical (unpaired) electrons. The average molecular weight is 226 g/mol. The molecule has 0 spiro atoms. The molecule has 0 fully saturated rings. The van der Waals surface area contributed by atoms with E-state index in [1.807, 2.05) is 19.0 Å². The molecular formula is C12H19FN2O. The Morgan fingerprint density at radius 1 is 1.44 bits per heavy atom. The summed E-state index contributed by atoms with van der Waals surface area (Å²) in [7, 11) is 3.92. The van der Waals surface area contributed by atoms with Crippen LogP contribution in [-0.2, 0) is 0 Å². The maximum atomic E-state index is 13.5. The molecule has 90 valence electrons. The number of likely N-dealkylation sites (N-methyl/N-ethyl adjacent to an activating group) is 1. The highest BCUT2D eigenvalue weighted by Crippen LogP contribution is 2.26. The molecule has 0 heterocycles. The molecule has 16 heavy (non-hydrogen) atoms. The lowest BCUT2D eigenvalue weighted by molar-refractivity contribution is 0.257. The summed E-state index contributed by atoms with van der Waals surface area (Å²) >= 11 is 0. The molecular weight excluding hydrogens is 207 g/mol. The van der Waals surface area contributed by atoms with Crippen molar-refractivity contribution in [1.82, 2.24) is 4.90 Å². The van der Waals surface area contributed by atoms with Gasteiger partial charge in [-0.05, 0) is 33.2 Å². The van der Waals surface area contributed by atoms with Crippen LogP contribution in [0.5, 0.6) is 5.75 Å². The van der Waals surface area contributed by atoms with E-state index in [1.54, 1.807) is 19.1 Å². The lowest BCUT2D eigenvalue weighted by Crippen LogP contribution is -2.20. The van der Waals surface area contributed by atoms with Crippen molar-refractivity contribution < 1.29 is 9.13 Å². The Hall–Kier alpha value is -1.13. The van der Waals surface area contributed by atoms with E-state index < -0.39 is 0 Å². The molecule has 0 saturated carbocycles. The zero-order valence-corrected chi connectivity index (χ0v) is 10.0. The SMILES string of the molecule is C[C@H](N)c1c(F)cccc1OCCN(C)C. The first-order valence-corrected chi connectivity index (χ1v) is 5.34. The van der Waals surface area contributed by atoms with Gasteiger partial charge in [0.25, 0.3) is 0 Å². The number of ether oxygens (including phenoxy) is 1. The highest BCUT2D eigenvalue weighted by Gasteiger charge is 2.13. The molecule has 1 atom stereocenters. The zero-order chi connectivity index (χ0) is 12.1. The van der Waals surface area contributed by atoms with Crippen molar-refractivity contribution in [3.05, 3.63) is 29.6 Å². The van der Waals surface area contributed by atoms with Gasteiger partial charge in [0, 0.05) is 18.2 Å².